The number of hydrogen-bond donors (Lipinski definition) is 1. The fourth-order valence-electron chi connectivity index (χ4n) is 3.40. The SMILES string of the molecule is CCCCCCCCCc1c([C]2[CH][CH][CH][CH]2)oc2ccc(O)cc12. The molecule has 2 heteroatoms. The number of aryl methyl sites for hydroxylation is 1. The maximum absolute atomic E-state index is 9.84. The second kappa shape index (κ2) is 8.60. The van der Waals surface area contributed by atoms with E-state index in [4.69, 9.17) is 4.42 Å². The molecule has 1 saturated carbocycles. The molecule has 1 aromatic heterocycles. The minimum absolute atomic E-state index is 0.304. The number of furan rings is 1. The van der Waals surface area contributed by atoms with Crippen molar-refractivity contribution in [3.05, 3.63) is 61.1 Å². The van der Waals surface area contributed by atoms with Gasteiger partial charge in [-0.1, -0.05) is 45.4 Å². The first-order valence-electron chi connectivity index (χ1n) is 9.26. The lowest BCUT2D eigenvalue weighted by Gasteiger charge is -2.08. The zero-order valence-corrected chi connectivity index (χ0v) is 14.6. The molecule has 0 saturated heterocycles. The van der Waals surface area contributed by atoms with E-state index in [2.05, 4.69) is 19.8 Å². The molecule has 127 valence electrons. The monoisotopic (exact) mass is 323 g/mol. The number of hydrogen-bond acceptors (Lipinski definition) is 2. The summed E-state index contributed by atoms with van der Waals surface area (Å²) < 4.78 is 6.10. The molecule has 1 aliphatic rings. The largest absolute Gasteiger partial charge is 0.508 e. The van der Waals surface area contributed by atoms with E-state index in [-0.39, 0.29) is 0 Å². The van der Waals surface area contributed by atoms with Gasteiger partial charge in [0.05, 0.1) is 0 Å². The Bertz CT molecular complexity index is 635. The number of aromatic hydroxyl groups is 1. The molecule has 1 fully saturated rings. The van der Waals surface area contributed by atoms with Crippen LogP contribution in [0, 0.1) is 31.6 Å². The lowest BCUT2D eigenvalue weighted by atomic mass is 9.95. The van der Waals surface area contributed by atoms with Crippen LogP contribution in [0.2, 0.25) is 0 Å². The van der Waals surface area contributed by atoms with E-state index in [9.17, 15) is 5.11 Å². The molecule has 1 heterocycles. The zero-order chi connectivity index (χ0) is 16.8. The number of phenolic OH excluding ortho intramolecular Hbond substituents is 1. The third-order valence-corrected chi connectivity index (χ3v) is 4.73. The van der Waals surface area contributed by atoms with Crippen LogP contribution < -0.4 is 0 Å². The van der Waals surface area contributed by atoms with E-state index >= 15 is 0 Å². The van der Waals surface area contributed by atoms with Crippen LogP contribution in [0.5, 0.6) is 5.75 Å². The van der Waals surface area contributed by atoms with Crippen LogP contribution in [-0.2, 0) is 6.42 Å². The summed E-state index contributed by atoms with van der Waals surface area (Å²) in [6.07, 6.45) is 18.4. The Kier molecular flexibility index (Phi) is 6.23. The van der Waals surface area contributed by atoms with Crippen LogP contribution >= 0.6 is 0 Å². The van der Waals surface area contributed by atoms with Crippen LogP contribution in [0.1, 0.15) is 63.2 Å². The number of phenols is 1. The van der Waals surface area contributed by atoms with E-state index in [1.54, 1.807) is 6.07 Å². The van der Waals surface area contributed by atoms with Gasteiger partial charge in [-0.25, -0.2) is 0 Å². The second-order valence-corrected chi connectivity index (χ2v) is 6.64. The summed E-state index contributed by atoms with van der Waals surface area (Å²) in [5, 5.41) is 10.9. The van der Waals surface area contributed by atoms with Gasteiger partial charge in [-0.05, 0) is 56.7 Å². The normalized spacial score (nSPS) is 15.5. The summed E-state index contributed by atoms with van der Waals surface area (Å²) in [6, 6.07) is 5.39. The second-order valence-electron chi connectivity index (χ2n) is 6.64. The molecule has 1 aromatic carbocycles. The Morgan fingerprint density at radius 3 is 2.38 bits per heavy atom. The highest BCUT2D eigenvalue weighted by Gasteiger charge is 2.26. The third-order valence-electron chi connectivity index (χ3n) is 4.73. The molecule has 24 heavy (non-hydrogen) atoms. The fourth-order valence-corrected chi connectivity index (χ4v) is 3.40. The predicted octanol–water partition coefficient (Wildman–Crippen LogP) is 6.18. The van der Waals surface area contributed by atoms with Crippen molar-refractivity contribution in [2.75, 3.05) is 0 Å². The van der Waals surface area contributed by atoms with Crippen LogP contribution in [0.3, 0.4) is 0 Å². The van der Waals surface area contributed by atoms with Crippen molar-refractivity contribution in [2.45, 2.75) is 58.3 Å². The zero-order valence-electron chi connectivity index (χ0n) is 14.6. The van der Waals surface area contributed by atoms with Gasteiger partial charge in [0, 0.05) is 16.9 Å². The average Bonchev–Trinajstić information content (AvgIpc) is 3.22. The summed E-state index contributed by atoms with van der Waals surface area (Å²) in [4.78, 5) is 0. The van der Waals surface area contributed by atoms with E-state index < -0.39 is 0 Å². The molecule has 0 spiro atoms. The highest BCUT2D eigenvalue weighted by molar-refractivity contribution is 5.85. The summed E-state index contributed by atoms with van der Waals surface area (Å²) in [5.74, 6) is 2.40. The van der Waals surface area contributed by atoms with Crippen LogP contribution in [0.25, 0.3) is 11.0 Å². The standard InChI is InChI=1S/C22H27O2/c1-2-3-4-5-6-7-8-13-19-20-16-18(23)14-15-21(20)24-22(19)17-11-9-10-12-17/h9-12,14-16,23H,2-8,13H2,1H3. The van der Waals surface area contributed by atoms with Gasteiger partial charge in [0.1, 0.15) is 17.1 Å². The van der Waals surface area contributed by atoms with Crippen LogP contribution in [0.4, 0.5) is 0 Å². The third kappa shape index (κ3) is 4.15. The number of unbranched alkanes of at least 4 members (excludes halogenated alkanes) is 6. The van der Waals surface area contributed by atoms with Gasteiger partial charge in [-0.2, -0.15) is 0 Å². The summed E-state index contributed by atoms with van der Waals surface area (Å²) in [6.45, 7) is 2.25. The van der Waals surface area contributed by atoms with Gasteiger partial charge in [0.15, 0.2) is 0 Å². The molecular formula is C22H27O2. The minimum atomic E-state index is 0.304. The number of rotatable bonds is 9. The molecule has 3 rings (SSSR count). The first-order valence-corrected chi connectivity index (χ1v) is 9.26. The van der Waals surface area contributed by atoms with Gasteiger partial charge in [-0.3, -0.25) is 0 Å². The van der Waals surface area contributed by atoms with Crippen LogP contribution in [-0.4, -0.2) is 5.11 Å². The van der Waals surface area contributed by atoms with Crippen LogP contribution in [0.15, 0.2) is 22.6 Å². The average molecular weight is 323 g/mol. The highest BCUT2D eigenvalue weighted by atomic mass is 16.3. The van der Waals surface area contributed by atoms with Crippen molar-refractivity contribution >= 4 is 11.0 Å². The Morgan fingerprint density at radius 2 is 1.62 bits per heavy atom. The molecule has 0 bridgehead atoms. The number of benzene rings is 1. The first kappa shape index (κ1) is 17.4. The molecule has 0 unspecified atom stereocenters. The Morgan fingerprint density at radius 1 is 0.917 bits per heavy atom. The molecule has 0 amide bonds. The summed E-state index contributed by atoms with van der Waals surface area (Å²) >= 11 is 0. The molecule has 1 aliphatic carbocycles. The molecular weight excluding hydrogens is 296 g/mol. The van der Waals surface area contributed by atoms with Crippen molar-refractivity contribution in [3.63, 3.8) is 0 Å². The van der Waals surface area contributed by atoms with Gasteiger partial charge in [0.25, 0.3) is 0 Å². The topological polar surface area (TPSA) is 33.4 Å². The molecule has 5 radical (unpaired) electrons. The quantitative estimate of drug-likeness (QED) is 0.559. The number of fused-ring (bicyclic) bond motifs is 1. The van der Waals surface area contributed by atoms with Crippen molar-refractivity contribution in [2.24, 2.45) is 0 Å². The lowest BCUT2D eigenvalue weighted by Crippen LogP contribution is -1.98. The lowest BCUT2D eigenvalue weighted by molar-refractivity contribution is 0.475. The Labute approximate surface area is 146 Å². The molecule has 2 nitrogen and oxygen atoms in total. The van der Waals surface area contributed by atoms with Gasteiger partial charge in [-0.15, -0.1) is 0 Å². The molecule has 0 aliphatic heterocycles. The Hall–Kier alpha value is -1.44. The van der Waals surface area contributed by atoms with E-state index in [1.165, 1.54) is 50.5 Å². The fraction of sp³-hybridized carbons (Fsp3) is 0.409. The van der Waals surface area contributed by atoms with Gasteiger partial charge in [0.2, 0.25) is 0 Å². The molecule has 1 N–H and O–H groups in total. The van der Waals surface area contributed by atoms with Gasteiger partial charge < -0.3 is 9.52 Å². The maximum Gasteiger partial charge on any atom is 0.134 e. The summed E-state index contributed by atoms with van der Waals surface area (Å²) in [7, 11) is 0. The van der Waals surface area contributed by atoms with Crippen molar-refractivity contribution in [1.29, 1.82) is 0 Å². The van der Waals surface area contributed by atoms with Gasteiger partial charge >= 0.3 is 0 Å². The van der Waals surface area contributed by atoms with Crippen molar-refractivity contribution in [3.8, 4) is 5.75 Å². The smallest absolute Gasteiger partial charge is 0.134 e. The highest BCUT2D eigenvalue weighted by Crippen LogP contribution is 2.39. The molecule has 0 atom stereocenters. The Balaban J connectivity index is 1.67. The van der Waals surface area contributed by atoms with Crippen molar-refractivity contribution < 1.29 is 9.52 Å². The van der Waals surface area contributed by atoms with E-state index in [0.29, 0.717) is 5.75 Å². The molecule has 2 aromatic rings. The maximum atomic E-state index is 9.84. The van der Waals surface area contributed by atoms with E-state index in [0.717, 1.165) is 29.1 Å². The van der Waals surface area contributed by atoms with Crippen molar-refractivity contribution in [1.82, 2.24) is 0 Å². The summed E-state index contributed by atoms with van der Waals surface area (Å²) in [5.41, 5.74) is 2.10. The van der Waals surface area contributed by atoms with E-state index in [1.807, 2.05) is 25.0 Å². The minimum Gasteiger partial charge on any atom is -0.508 e. The first-order chi connectivity index (χ1) is 11.8. The predicted molar refractivity (Wildman–Crippen MR) is 99.1 cm³/mol.